The van der Waals surface area contributed by atoms with Crippen LogP contribution in [0, 0.1) is 0 Å². The van der Waals surface area contributed by atoms with Crippen molar-refractivity contribution in [3.05, 3.63) is 65.7 Å². The lowest BCUT2D eigenvalue weighted by molar-refractivity contribution is -0.121. The van der Waals surface area contributed by atoms with Gasteiger partial charge in [-0.1, -0.05) is 30.3 Å². The maximum absolute atomic E-state index is 12.6. The molecule has 0 spiro atoms. The van der Waals surface area contributed by atoms with Gasteiger partial charge < -0.3 is 15.4 Å². The quantitative estimate of drug-likeness (QED) is 0.911. The summed E-state index contributed by atoms with van der Waals surface area (Å²) < 4.78 is 5.92. The number of primary amides is 1. The van der Waals surface area contributed by atoms with Gasteiger partial charge in [-0.25, -0.2) is 0 Å². The van der Waals surface area contributed by atoms with E-state index in [4.69, 9.17) is 10.5 Å². The second-order valence-corrected chi connectivity index (χ2v) is 6.25. The van der Waals surface area contributed by atoms with Crippen LogP contribution in [-0.4, -0.2) is 29.3 Å². The van der Waals surface area contributed by atoms with Crippen LogP contribution in [0.2, 0.25) is 0 Å². The van der Waals surface area contributed by atoms with Gasteiger partial charge in [-0.2, -0.15) is 0 Å². The largest absolute Gasteiger partial charge is 0.486 e. The summed E-state index contributed by atoms with van der Waals surface area (Å²) in [5, 5.41) is 0. The average Bonchev–Trinajstić information content (AvgIpc) is 3.12. The third-order valence-electron chi connectivity index (χ3n) is 4.53. The van der Waals surface area contributed by atoms with Crippen molar-refractivity contribution >= 4 is 11.8 Å². The van der Waals surface area contributed by atoms with Gasteiger partial charge in [-0.3, -0.25) is 9.59 Å². The predicted octanol–water partition coefficient (Wildman–Crippen LogP) is 2.92. The lowest BCUT2D eigenvalue weighted by atomic mass is 10.1. The highest BCUT2D eigenvalue weighted by atomic mass is 16.5. The van der Waals surface area contributed by atoms with E-state index in [1.807, 2.05) is 37.3 Å². The number of carbonyl (C=O) groups is 2. The summed E-state index contributed by atoms with van der Waals surface area (Å²) in [5.41, 5.74) is 7.01. The standard InChI is InChI=1S/C20H22N2O3/c1-14(15-6-3-2-4-7-15)25-17-11-9-16(10-12-17)20(24)22-13-5-8-18(22)19(21)23/h2-4,6-7,9-12,14,18H,5,8,13H2,1H3,(H2,21,23)/t14-,18-/m0/s1. The van der Waals surface area contributed by atoms with Crippen molar-refractivity contribution in [2.24, 2.45) is 5.73 Å². The Morgan fingerprint density at radius 2 is 1.80 bits per heavy atom. The second kappa shape index (κ2) is 7.38. The Balaban J connectivity index is 1.68. The minimum absolute atomic E-state index is 0.0828. The molecule has 0 radical (unpaired) electrons. The van der Waals surface area contributed by atoms with Crippen LogP contribution < -0.4 is 10.5 Å². The van der Waals surface area contributed by atoms with Crippen LogP contribution in [0.15, 0.2) is 54.6 Å². The lowest BCUT2D eigenvalue weighted by Gasteiger charge is -2.22. The molecule has 25 heavy (non-hydrogen) atoms. The van der Waals surface area contributed by atoms with E-state index in [9.17, 15) is 9.59 Å². The summed E-state index contributed by atoms with van der Waals surface area (Å²) in [6, 6.07) is 16.5. The molecular formula is C20H22N2O3. The fourth-order valence-electron chi connectivity index (χ4n) is 3.14. The van der Waals surface area contributed by atoms with E-state index in [-0.39, 0.29) is 12.0 Å². The summed E-state index contributed by atoms with van der Waals surface area (Å²) in [5.74, 6) is 0.0900. The normalized spacial score (nSPS) is 18.0. The summed E-state index contributed by atoms with van der Waals surface area (Å²) in [6.45, 7) is 2.55. The summed E-state index contributed by atoms with van der Waals surface area (Å²) in [4.78, 5) is 25.6. The fourth-order valence-corrected chi connectivity index (χ4v) is 3.14. The highest BCUT2D eigenvalue weighted by Gasteiger charge is 2.33. The molecule has 130 valence electrons. The van der Waals surface area contributed by atoms with Gasteiger partial charge in [-0.15, -0.1) is 0 Å². The maximum Gasteiger partial charge on any atom is 0.254 e. The van der Waals surface area contributed by atoms with E-state index in [0.29, 0.717) is 24.3 Å². The number of ether oxygens (including phenoxy) is 1. The van der Waals surface area contributed by atoms with Crippen LogP contribution in [0.1, 0.15) is 41.8 Å². The Morgan fingerprint density at radius 3 is 2.44 bits per heavy atom. The van der Waals surface area contributed by atoms with Crippen LogP contribution in [0.25, 0.3) is 0 Å². The number of amides is 2. The molecule has 2 aromatic rings. The Hall–Kier alpha value is -2.82. The molecule has 1 aliphatic rings. The van der Waals surface area contributed by atoms with E-state index in [2.05, 4.69) is 0 Å². The van der Waals surface area contributed by atoms with Gasteiger partial charge in [0.15, 0.2) is 0 Å². The Bertz CT molecular complexity index is 743. The summed E-state index contributed by atoms with van der Waals surface area (Å²) in [7, 11) is 0. The third kappa shape index (κ3) is 3.82. The van der Waals surface area contributed by atoms with Crippen molar-refractivity contribution < 1.29 is 14.3 Å². The zero-order valence-electron chi connectivity index (χ0n) is 14.2. The first-order valence-electron chi connectivity index (χ1n) is 8.48. The molecule has 0 unspecified atom stereocenters. The van der Waals surface area contributed by atoms with Gasteiger partial charge in [0.1, 0.15) is 17.9 Å². The van der Waals surface area contributed by atoms with Crippen molar-refractivity contribution in [1.82, 2.24) is 4.90 Å². The van der Waals surface area contributed by atoms with E-state index in [1.54, 1.807) is 29.2 Å². The highest BCUT2D eigenvalue weighted by molar-refractivity contribution is 5.97. The van der Waals surface area contributed by atoms with Crippen molar-refractivity contribution in [3.63, 3.8) is 0 Å². The van der Waals surface area contributed by atoms with Crippen LogP contribution >= 0.6 is 0 Å². The number of likely N-dealkylation sites (tertiary alicyclic amines) is 1. The van der Waals surface area contributed by atoms with Crippen LogP contribution in [0.4, 0.5) is 0 Å². The van der Waals surface area contributed by atoms with Gasteiger partial charge in [0, 0.05) is 12.1 Å². The van der Waals surface area contributed by atoms with Gasteiger partial charge >= 0.3 is 0 Å². The third-order valence-corrected chi connectivity index (χ3v) is 4.53. The molecule has 1 heterocycles. The van der Waals surface area contributed by atoms with Crippen LogP contribution in [0.5, 0.6) is 5.75 Å². The predicted molar refractivity (Wildman–Crippen MR) is 95.2 cm³/mol. The van der Waals surface area contributed by atoms with Gasteiger partial charge in [-0.05, 0) is 49.6 Å². The first-order valence-corrected chi connectivity index (χ1v) is 8.48. The molecule has 0 bridgehead atoms. The Morgan fingerprint density at radius 1 is 1.12 bits per heavy atom. The van der Waals surface area contributed by atoms with Crippen molar-refractivity contribution in [2.75, 3.05) is 6.54 Å². The molecule has 1 aliphatic heterocycles. The molecule has 2 amide bonds. The molecule has 2 atom stereocenters. The lowest BCUT2D eigenvalue weighted by Crippen LogP contribution is -2.43. The molecule has 0 aliphatic carbocycles. The fraction of sp³-hybridized carbons (Fsp3) is 0.300. The minimum Gasteiger partial charge on any atom is -0.486 e. The van der Waals surface area contributed by atoms with Gasteiger partial charge in [0.2, 0.25) is 5.91 Å². The molecule has 2 aromatic carbocycles. The highest BCUT2D eigenvalue weighted by Crippen LogP contribution is 2.24. The first-order chi connectivity index (χ1) is 12.1. The Kier molecular flexibility index (Phi) is 5.03. The number of carbonyl (C=O) groups excluding carboxylic acids is 2. The van der Waals surface area contributed by atoms with Crippen molar-refractivity contribution in [1.29, 1.82) is 0 Å². The molecule has 3 rings (SSSR count). The van der Waals surface area contributed by atoms with E-state index < -0.39 is 11.9 Å². The molecule has 0 aromatic heterocycles. The SMILES string of the molecule is C[C@H](Oc1ccc(C(=O)N2CCC[C@H]2C(N)=O)cc1)c1ccccc1. The van der Waals surface area contributed by atoms with Gasteiger partial charge in [0.05, 0.1) is 0 Å². The zero-order chi connectivity index (χ0) is 17.8. The number of nitrogens with two attached hydrogens (primary N) is 1. The molecule has 5 nitrogen and oxygen atoms in total. The van der Waals surface area contributed by atoms with E-state index >= 15 is 0 Å². The molecular weight excluding hydrogens is 316 g/mol. The number of rotatable bonds is 5. The number of hydrogen-bond acceptors (Lipinski definition) is 3. The molecule has 1 fully saturated rings. The van der Waals surface area contributed by atoms with Crippen LogP contribution in [-0.2, 0) is 4.79 Å². The van der Waals surface area contributed by atoms with E-state index in [0.717, 1.165) is 12.0 Å². The smallest absolute Gasteiger partial charge is 0.254 e. The number of hydrogen-bond donors (Lipinski definition) is 1. The summed E-state index contributed by atoms with van der Waals surface area (Å²) >= 11 is 0. The summed E-state index contributed by atoms with van der Waals surface area (Å²) in [6.07, 6.45) is 1.35. The Labute approximate surface area is 147 Å². The second-order valence-electron chi connectivity index (χ2n) is 6.25. The zero-order valence-corrected chi connectivity index (χ0v) is 14.2. The molecule has 0 saturated carbocycles. The molecule has 2 N–H and O–H groups in total. The van der Waals surface area contributed by atoms with Gasteiger partial charge in [0.25, 0.3) is 5.91 Å². The van der Waals surface area contributed by atoms with E-state index in [1.165, 1.54) is 0 Å². The monoisotopic (exact) mass is 338 g/mol. The topological polar surface area (TPSA) is 72.6 Å². The number of benzene rings is 2. The van der Waals surface area contributed by atoms with Crippen molar-refractivity contribution in [3.8, 4) is 5.75 Å². The van der Waals surface area contributed by atoms with Crippen LogP contribution in [0.3, 0.4) is 0 Å². The van der Waals surface area contributed by atoms with Crippen molar-refractivity contribution in [2.45, 2.75) is 31.9 Å². The average molecular weight is 338 g/mol. The minimum atomic E-state index is -0.499. The molecule has 1 saturated heterocycles. The maximum atomic E-state index is 12.6. The first kappa shape index (κ1) is 17.0. The molecule has 5 heteroatoms. The number of nitrogens with zero attached hydrogens (tertiary/aromatic N) is 1.